The summed E-state index contributed by atoms with van der Waals surface area (Å²) in [5.41, 5.74) is 1.29. The number of piperazine rings is 1. The van der Waals surface area contributed by atoms with Gasteiger partial charge in [0.2, 0.25) is 5.91 Å². The molecule has 152 valence electrons. The Morgan fingerprint density at radius 1 is 1.14 bits per heavy atom. The largest absolute Gasteiger partial charge is 0.465 e. The highest BCUT2D eigenvalue weighted by Gasteiger charge is 2.31. The van der Waals surface area contributed by atoms with E-state index in [1.807, 2.05) is 35.2 Å². The van der Waals surface area contributed by atoms with Crippen LogP contribution in [0, 0.1) is 10.1 Å². The number of nitrogens with zero attached hydrogens (tertiary/aromatic N) is 3. The predicted octanol–water partition coefficient (Wildman–Crippen LogP) is 2.44. The zero-order valence-corrected chi connectivity index (χ0v) is 15.7. The molecule has 1 heterocycles. The summed E-state index contributed by atoms with van der Waals surface area (Å²) in [6.45, 7) is 1.28. The molecule has 1 atom stereocenters. The number of nitro groups is 1. The van der Waals surface area contributed by atoms with Crippen LogP contribution in [0.15, 0.2) is 54.6 Å². The molecule has 9 heteroatoms. The normalized spacial score (nSPS) is 17.0. The van der Waals surface area contributed by atoms with E-state index in [0.29, 0.717) is 31.7 Å². The second kappa shape index (κ2) is 9.16. The molecule has 1 fully saturated rings. The molecule has 3 rings (SSSR count). The van der Waals surface area contributed by atoms with Crippen molar-refractivity contribution < 1.29 is 19.6 Å². The van der Waals surface area contributed by atoms with Gasteiger partial charge in [-0.05, 0) is 18.1 Å². The summed E-state index contributed by atoms with van der Waals surface area (Å²) in [5, 5.41) is 23.0. The smallest absolute Gasteiger partial charge is 0.407 e. The van der Waals surface area contributed by atoms with Crippen molar-refractivity contribution in [3.05, 3.63) is 70.3 Å². The molecule has 29 heavy (non-hydrogen) atoms. The number of benzene rings is 2. The summed E-state index contributed by atoms with van der Waals surface area (Å²) in [6, 6.07) is 15.1. The van der Waals surface area contributed by atoms with Crippen LogP contribution in [0.25, 0.3) is 0 Å². The molecule has 0 aromatic heterocycles. The molecule has 9 nitrogen and oxygen atoms in total. The molecule has 1 aliphatic rings. The van der Waals surface area contributed by atoms with E-state index < -0.39 is 11.0 Å². The van der Waals surface area contributed by atoms with E-state index in [1.165, 1.54) is 23.1 Å². The first-order valence-electron chi connectivity index (χ1n) is 9.22. The molecular weight excluding hydrogens is 376 g/mol. The highest BCUT2D eigenvalue weighted by molar-refractivity contribution is 5.92. The molecule has 0 bridgehead atoms. The highest BCUT2D eigenvalue weighted by Crippen LogP contribution is 2.18. The van der Waals surface area contributed by atoms with Crippen LogP contribution in [-0.4, -0.2) is 64.1 Å². The molecule has 2 aromatic rings. The van der Waals surface area contributed by atoms with E-state index in [0.717, 1.165) is 5.56 Å². The molecule has 0 aliphatic carbocycles. The minimum Gasteiger partial charge on any atom is -0.465 e. The third-order valence-electron chi connectivity index (χ3n) is 4.83. The van der Waals surface area contributed by atoms with Crippen molar-refractivity contribution in [1.29, 1.82) is 0 Å². The first-order valence-corrected chi connectivity index (χ1v) is 9.22. The number of nitro benzene ring substituents is 1. The number of amides is 2. The molecule has 1 aliphatic heterocycles. The summed E-state index contributed by atoms with van der Waals surface area (Å²) < 4.78 is 0. The topological polar surface area (TPSA) is 116 Å². The summed E-state index contributed by atoms with van der Waals surface area (Å²) >= 11 is 0. The van der Waals surface area contributed by atoms with Gasteiger partial charge in [0, 0.05) is 37.5 Å². The molecule has 0 radical (unpaired) electrons. The quantitative estimate of drug-likeness (QED) is 0.570. The standard InChI is InChI=1S/C20H22N4O5/c25-19(21-16-7-4-8-17(12-16)24(28)29)14-22-9-10-23(20(26)27)18(13-22)11-15-5-2-1-3-6-15/h1-8,12,18H,9-11,13-14H2,(H,21,25)(H,26,27). The lowest BCUT2D eigenvalue weighted by Crippen LogP contribution is -2.56. The van der Waals surface area contributed by atoms with Gasteiger partial charge in [-0.25, -0.2) is 4.79 Å². The van der Waals surface area contributed by atoms with Gasteiger partial charge in [-0.3, -0.25) is 19.8 Å². The molecular formula is C20H22N4O5. The second-order valence-corrected chi connectivity index (χ2v) is 6.91. The Balaban J connectivity index is 1.62. The van der Waals surface area contributed by atoms with E-state index in [4.69, 9.17) is 0 Å². The van der Waals surface area contributed by atoms with E-state index in [1.54, 1.807) is 6.07 Å². The third kappa shape index (κ3) is 5.52. The fourth-order valence-electron chi connectivity index (χ4n) is 3.48. The van der Waals surface area contributed by atoms with Crippen LogP contribution in [0.2, 0.25) is 0 Å². The molecule has 2 aromatic carbocycles. The third-order valence-corrected chi connectivity index (χ3v) is 4.83. The summed E-state index contributed by atoms with van der Waals surface area (Å²) in [7, 11) is 0. The number of hydrogen-bond donors (Lipinski definition) is 2. The van der Waals surface area contributed by atoms with Gasteiger partial charge in [0.25, 0.3) is 5.69 Å². The number of non-ortho nitro benzene ring substituents is 1. The zero-order chi connectivity index (χ0) is 20.8. The average molecular weight is 398 g/mol. The van der Waals surface area contributed by atoms with Crippen LogP contribution in [-0.2, 0) is 11.2 Å². The zero-order valence-electron chi connectivity index (χ0n) is 15.7. The van der Waals surface area contributed by atoms with Crippen molar-refractivity contribution in [2.75, 3.05) is 31.5 Å². The molecule has 2 amide bonds. The van der Waals surface area contributed by atoms with Gasteiger partial charge < -0.3 is 15.3 Å². The van der Waals surface area contributed by atoms with Crippen LogP contribution in [0.1, 0.15) is 5.56 Å². The summed E-state index contributed by atoms with van der Waals surface area (Å²) in [5.74, 6) is -0.298. The number of carboxylic acid groups (broad SMARTS) is 1. The van der Waals surface area contributed by atoms with Crippen molar-refractivity contribution in [3.63, 3.8) is 0 Å². The van der Waals surface area contributed by atoms with Crippen molar-refractivity contribution in [2.24, 2.45) is 0 Å². The molecule has 1 saturated heterocycles. The Morgan fingerprint density at radius 2 is 1.90 bits per heavy atom. The van der Waals surface area contributed by atoms with Gasteiger partial charge in [-0.15, -0.1) is 0 Å². The minimum absolute atomic E-state index is 0.0848. The van der Waals surface area contributed by atoms with Gasteiger partial charge in [-0.2, -0.15) is 0 Å². The Morgan fingerprint density at radius 3 is 2.59 bits per heavy atom. The van der Waals surface area contributed by atoms with Crippen molar-refractivity contribution in [1.82, 2.24) is 9.80 Å². The first kappa shape index (κ1) is 20.3. The number of carbonyl (C=O) groups excluding carboxylic acids is 1. The van der Waals surface area contributed by atoms with Gasteiger partial charge in [0.05, 0.1) is 17.5 Å². The van der Waals surface area contributed by atoms with Crippen molar-refractivity contribution in [3.8, 4) is 0 Å². The number of nitrogens with one attached hydrogen (secondary N) is 1. The Kier molecular flexibility index (Phi) is 6.40. The Hall–Kier alpha value is -3.46. The Labute approximate surface area is 167 Å². The van der Waals surface area contributed by atoms with Crippen molar-refractivity contribution in [2.45, 2.75) is 12.5 Å². The van der Waals surface area contributed by atoms with E-state index in [2.05, 4.69) is 5.32 Å². The maximum Gasteiger partial charge on any atom is 0.407 e. The fraction of sp³-hybridized carbons (Fsp3) is 0.300. The summed E-state index contributed by atoms with van der Waals surface area (Å²) in [6.07, 6.45) is -0.400. The lowest BCUT2D eigenvalue weighted by Gasteiger charge is -2.39. The van der Waals surface area contributed by atoms with Crippen LogP contribution in [0.4, 0.5) is 16.2 Å². The average Bonchev–Trinajstić information content (AvgIpc) is 2.69. The number of carbonyl (C=O) groups is 2. The molecule has 1 unspecified atom stereocenters. The van der Waals surface area contributed by atoms with Crippen LogP contribution in [0.3, 0.4) is 0 Å². The fourth-order valence-corrected chi connectivity index (χ4v) is 3.48. The highest BCUT2D eigenvalue weighted by atomic mass is 16.6. The van der Waals surface area contributed by atoms with E-state index in [9.17, 15) is 24.8 Å². The lowest BCUT2D eigenvalue weighted by atomic mass is 10.0. The van der Waals surface area contributed by atoms with Crippen LogP contribution in [0.5, 0.6) is 0 Å². The number of hydrogen-bond acceptors (Lipinski definition) is 5. The van der Waals surface area contributed by atoms with Crippen LogP contribution < -0.4 is 5.32 Å². The van der Waals surface area contributed by atoms with E-state index in [-0.39, 0.29) is 24.2 Å². The molecule has 0 spiro atoms. The monoisotopic (exact) mass is 398 g/mol. The lowest BCUT2D eigenvalue weighted by molar-refractivity contribution is -0.384. The van der Waals surface area contributed by atoms with Crippen molar-refractivity contribution >= 4 is 23.4 Å². The first-order chi connectivity index (χ1) is 13.9. The van der Waals surface area contributed by atoms with Gasteiger partial charge in [0.1, 0.15) is 0 Å². The second-order valence-electron chi connectivity index (χ2n) is 6.91. The molecule has 2 N–H and O–H groups in total. The number of rotatable bonds is 6. The van der Waals surface area contributed by atoms with Gasteiger partial charge in [-0.1, -0.05) is 36.4 Å². The van der Waals surface area contributed by atoms with Gasteiger partial charge in [0.15, 0.2) is 0 Å². The minimum atomic E-state index is -0.966. The van der Waals surface area contributed by atoms with E-state index >= 15 is 0 Å². The maximum atomic E-state index is 12.4. The predicted molar refractivity (Wildman–Crippen MR) is 107 cm³/mol. The van der Waals surface area contributed by atoms with Gasteiger partial charge >= 0.3 is 6.09 Å². The molecule has 0 saturated carbocycles. The van der Waals surface area contributed by atoms with Crippen LogP contribution >= 0.6 is 0 Å². The Bertz CT molecular complexity index is 889. The summed E-state index contributed by atoms with van der Waals surface area (Å²) in [4.78, 5) is 37.6. The maximum absolute atomic E-state index is 12.4. The SMILES string of the molecule is O=C(CN1CCN(C(=O)O)C(Cc2ccccc2)C1)Nc1cccc([N+](=O)[O-])c1. The number of anilines is 1.